The summed E-state index contributed by atoms with van der Waals surface area (Å²) in [5.41, 5.74) is 0.0278. The Morgan fingerprint density at radius 3 is 1.45 bits per heavy atom. The van der Waals surface area contributed by atoms with Crippen molar-refractivity contribution in [2.45, 2.75) is 9.79 Å². The summed E-state index contributed by atoms with van der Waals surface area (Å²) in [6.45, 7) is 0. The number of carbonyl (C=O) groups is 2. The van der Waals surface area contributed by atoms with Crippen molar-refractivity contribution in [3.05, 3.63) is 59.2 Å². The second-order valence-electron chi connectivity index (χ2n) is 4.00. The number of carbonyl (C=O) groups excluding carboxylic acids is 2. The Hall–Kier alpha value is -1.08. The van der Waals surface area contributed by atoms with Crippen molar-refractivity contribution in [1.29, 1.82) is 0 Å². The Labute approximate surface area is 142 Å². The van der Waals surface area contributed by atoms with Crippen molar-refractivity contribution in [2.75, 3.05) is 0 Å². The molecule has 2 aromatic rings. The van der Waals surface area contributed by atoms with Crippen molar-refractivity contribution in [3.63, 3.8) is 0 Å². The highest BCUT2D eigenvalue weighted by Gasteiger charge is 2.15. The van der Waals surface area contributed by atoms with Gasteiger partial charge in [0.2, 0.25) is 0 Å². The van der Waals surface area contributed by atoms with Gasteiger partial charge in [0.25, 0.3) is 10.5 Å². The molecule has 0 N–H and O–H groups in total. The normalized spacial score (nSPS) is 10.5. The monoisotopic (exact) mass is 378 g/mol. The highest BCUT2D eigenvalue weighted by Crippen LogP contribution is 2.41. The van der Waals surface area contributed by atoms with Crippen molar-refractivity contribution >= 4 is 55.3 Å². The Balaban J connectivity index is 2.28. The van der Waals surface area contributed by atoms with Gasteiger partial charge in [-0.2, -0.15) is 0 Å². The lowest BCUT2D eigenvalue weighted by Crippen LogP contribution is -1.94. The van der Waals surface area contributed by atoms with Crippen molar-refractivity contribution in [1.82, 2.24) is 0 Å². The summed E-state index contributed by atoms with van der Waals surface area (Å²) in [5, 5.41) is -1.59. The van der Waals surface area contributed by atoms with Crippen LogP contribution in [0.25, 0.3) is 0 Å². The van der Waals surface area contributed by atoms with Gasteiger partial charge >= 0.3 is 0 Å². The molecule has 0 aliphatic carbocycles. The Morgan fingerprint density at radius 2 is 1.14 bits per heavy atom. The van der Waals surface area contributed by atoms with E-state index in [0.29, 0.717) is 9.79 Å². The summed E-state index contributed by atoms with van der Waals surface area (Å²) in [4.78, 5) is 23.4. The van der Waals surface area contributed by atoms with Gasteiger partial charge in [-0.15, -0.1) is 0 Å². The molecule has 0 fully saturated rings. The second kappa shape index (κ2) is 7.46. The first-order valence-electron chi connectivity index (χ1n) is 5.72. The second-order valence-corrected chi connectivity index (χ2v) is 6.89. The smallest absolute Gasteiger partial charge is 0.253 e. The molecule has 0 aliphatic rings. The predicted octanol–water partition coefficient (Wildman–Crippen LogP) is 5.52. The maximum absolute atomic E-state index is 13.2. The number of benzene rings is 2. The van der Waals surface area contributed by atoms with Crippen LogP contribution in [-0.4, -0.2) is 10.5 Å². The lowest BCUT2D eigenvalue weighted by atomic mass is 10.2. The summed E-state index contributed by atoms with van der Waals surface area (Å²) in [6.07, 6.45) is 0. The zero-order valence-electron chi connectivity index (χ0n) is 10.6. The van der Waals surface area contributed by atoms with Crippen LogP contribution in [0.4, 0.5) is 8.78 Å². The lowest BCUT2D eigenvalue weighted by molar-refractivity contribution is 0.107. The van der Waals surface area contributed by atoms with E-state index in [1.54, 1.807) is 0 Å². The van der Waals surface area contributed by atoms with Crippen LogP contribution in [0.2, 0.25) is 0 Å². The fourth-order valence-electron chi connectivity index (χ4n) is 1.55. The molecule has 0 aliphatic heterocycles. The molecule has 0 amide bonds. The van der Waals surface area contributed by atoms with E-state index >= 15 is 0 Å². The quantitative estimate of drug-likeness (QED) is 0.506. The molecule has 114 valence electrons. The van der Waals surface area contributed by atoms with E-state index in [2.05, 4.69) is 0 Å². The van der Waals surface area contributed by atoms with E-state index in [-0.39, 0.29) is 11.1 Å². The standard InChI is InChI=1S/C14H6Cl2F2O2S2/c15-13(19)9-5-7(17)1-3-11(9)21-22-12-4-2-8(18)6-10(12)14(16)20/h1-6H. The van der Waals surface area contributed by atoms with Crippen molar-refractivity contribution < 1.29 is 18.4 Å². The fraction of sp³-hybridized carbons (Fsp3) is 0. The van der Waals surface area contributed by atoms with Gasteiger partial charge in [-0.25, -0.2) is 8.78 Å². The minimum absolute atomic E-state index is 0.0139. The van der Waals surface area contributed by atoms with E-state index < -0.39 is 22.1 Å². The molecule has 0 unspecified atom stereocenters. The third-order valence-electron chi connectivity index (χ3n) is 2.53. The van der Waals surface area contributed by atoms with Crippen molar-refractivity contribution in [2.24, 2.45) is 0 Å². The molecule has 0 heterocycles. The molecule has 0 saturated carbocycles. The van der Waals surface area contributed by atoms with Gasteiger partial charge in [0, 0.05) is 9.79 Å². The Bertz CT molecular complexity index is 690. The molecule has 0 bridgehead atoms. The molecule has 22 heavy (non-hydrogen) atoms. The zero-order valence-corrected chi connectivity index (χ0v) is 13.8. The molecule has 2 rings (SSSR count). The van der Waals surface area contributed by atoms with Crippen LogP contribution in [-0.2, 0) is 0 Å². The summed E-state index contributed by atoms with van der Waals surface area (Å²) in [5.74, 6) is -1.17. The van der Waals surface area contributed by atoms with Crippen LogP contribution < -0.4 is 0 Å². The molecule has 2 nitrogen and oxygen atoms in total. The minimum atomic E-state index is -0.796. The predicted molar refractivity (Wildman–Crippen MR) is 84.9 cm³/mol. The van der Waals surface area contributed by atoms with Gasteiger partial charge in [0.1, 0.15) is 11.6 Å². The van der Waals surface area contributed by atoms with Crippen LogP contribution in [0.3, 0.4) is 0 Å². The molecular weight excluding hydrogens is 373 g/mol. The van der Waals surface area contributed by atoms with E-state index in [9.17, 15) is 18.4 Å². The number of halogens is 4. The SMILES string of the molecule is O=C(Cl)c1cc(F)ccc1SSc1ccc(F)cc1C(=O)Cl. The first-order valence-corrected chi connectivity index (χ1v) is 8.62. The van der Waals surface area contributed by atoms with Crippen LogP contribution in [0.15, 0.2) is 46.2 Å². The molecule has 0 radical (unpaired) electrons. The Kier molecular flexibility index (Phi) is 5.86. The lowest BCUT2D eigenvalue weighted by Gasteiger charge is -2.08. The van der Waals surface area contributed by atoms with Gasteiger partial charge in [-0.3, -0.25) is 9.59 Å². The van der Waals surface area contributed by atoms with Gasteiger partial charge in [-0.1, -0.05) is 21.6 Å². The molecule has 8 heteroatoms. The van der Waals surface area contributed by atoms with Gasteiger partial charge in [0.05, 0.1) is 11.1 Å². The van der Waals surface area contributed by atoms with E-state index in [0.717, 1.165) is 33.7 Å². The van der Waals surface area contributed by atoms with Crippen LogP contribution in [0.1, 0.15) is 20.7 Å². The van der Waals surface area contributed by atoms with Gasteiger partial charge in [0.15, 0.2) is 0 Å². The average molecular weight is 379 g/mol. The number of hydrogen-bond acceptors (Lipinski definition) is 4. The largest absolute Gasteiger partial charge is 0.276 e. The topological polar surface area (TPSA) is 34.1 Å². The molecule has 0 aromatic heterocycles. The maximum atomic E-state index is 13.2. The first-order chi connectivity index (χ1) is 10.4. The highest BCUT2D eigenvalue weighted by molar-refractivity contribution is 8.76. The molecule has 0 spiro atoms. The number of rotatable bonds is 5. The molecule has 0 saturated heterocycles. The number of hydrogen-bond donors (Lipinski definition) is 0. The third-order valence-corrected chi connectivity index (χ3v) is 5.42. The summed E-state index contributed by atoms with van der Waals surface area (Å²) < 4.78 is 26.3. The average Bonchev–Trinajstić information content (AvgIpc) is 2.46. The first kappa shape index (κ1) is 17.3. The maximum Gasteiger partial charge on any atom is 0.253 e. The zero-order chi connectivity index (χ0) is 16.3. The van der Waals surface area contributed by atoms with Crippen LogP contribution in [0, 0.1) is 11.6 Å². The third kappa shape index (κ3) is 4.23. The van der Waals surface area contributed by atoms with Gasteiger partial charge in [-0.05, 0) is 59.6 Å². The summed E-state index contributed by atoms with van der Waals surface area (Å²) >= 11 is 10.8. The van der Waals surface area contributed by atoms with Crippen LogP contribution in [0.5, 0.6) is 0 Å². The van der Waals surface area contributed by atoms with E-state index in [1.165, 1.54) is 24.3 Å². The van der Waals surface area contributed by atoms with Gasteiger partial charge < -0.3 is 0 Å². The molecule has 0 atom stereocenters. The molecule has 2 aromatic carbocycles. The van der Waals surface area contributed by atoms with Crippen molar-refractivity contribution in [3.8, 4) is 0 Å². The fourth-order valence-corrected chi connectivity index (χ4v) is 4.29. The van der Waals surface area contributed by atoms with E-state index in [4.69, 9.17) is 23.2 Å². The minimum Gasteiger partial charge on any atom is -0.276 e. The van der Waals surface area contributed by atoms with E-state index in [1.807, 2.05) is 0 Å². The van der Waals surface area contributed by atoms with Crippen LogP contribution >= 0.6 is 44.8 Å². The highest BCUT2D eigenvalue weighted by atomic mass is 35.5. The Morgan fingerprint density at radius 1 is 0.773 bits per heavy atom. The summed E-state index contributed by atoms with van der Waals surface area (Å²) in [6, 6.07) is 7.21. The molecular formula is C14H6Cl2F2O2S2. The summed E-state index contributed by atoms with van der Waals surface area (Å²) in [7, 11) is 2.17.